The number of aromatic nitrogens is 2. The van der Waals surface area contributed by atoms with Crippen molar-refractivity contribution in [3.8, 4) is 16.5 Å². The van der Waals surface area contributed by atoms with Crippen LogP contribution in [0.5, 0.6) is 0 Å². The van der Waals surface area contributed by atoms with Gasteiger partial charge in [0.05, 0.1) is 11.3 Å². The molecule has 0 unspecified atom stereocenters. The average Bonchev–Trinajstić information content (AvgIpc) is 3.41. The molecule has 0 radical (unpaired) electrons. The third kappa shape index (κ3) is 2.85. The van der Waals surface area contributed by atoms with Crippen molar-refractivity contribution in [1.29, 1.82) is 5.26 Å². The summed E-state index contributed by atoms with van der Waals surface area (Å²) in [6.45, 7) is 0. The first-order chi connectivity index (χ1) is 14.3. The number of benzene rings is 2. The number of thiophene rings is 1. The van der Waals surface area contributed by atoms with Gasteiger partial charge in [0.25, 0.3) is 0 Å². The molecule has 0 saturated carbocycles. The molecule has 0 amide bonds. The third-order valence-electron chi connectivity index (χ3n) is 4.89. The molecule has 5 rings (SSSR count). The van der Waals surface area contributed by atoms with Crippen molar-refractivity contribution in [2.24, 2.45) is 0 Å². The number of fused-ring (bicyclic) bond motifs is 2. The van der Waals surface area contributed by atoms with Crippen LogP contribution < -0.4 is 5.32 Å². The van der Waals surface area contributed by atoms with Gasteiger partial charge in [0, 0.05) is 50.4 Å². The van der Waals surface area contributed by atoms with Crippen LogP contribution in [0.4, 0.5) is 11.4 Å². The van der Waals surface area contributed by atoms with Crippen LogP contribution in [0, 0.1) is 11.3 Å². The van der Waals surface area contributed by atoms with Gasteiger partial charge in [0.2, 0.25) is 0 Å². The van der Waals surface area contributed by atoms with Crippen molar-refractivity contribution in [3.05, 3.63) is 78.1 Å². The summed E-state index contributed by atoms with van der Waals surface area (Å²) < 4.78 is 0. The summed E-state index contributed by atoms with van der Waals surface area (Å²) in [5.74, 6) is 0. The van der Waals surface area contributed by atoms with Gasteiger partial charge in [-0.3, -0.25) is 4.79 Å². The standard InChI is InChI=1S/C23H14N4OS/c24-11-15-12-26-23-18(10-21(29-23)16-5-2-1-4-14(16)13-28)22(15)27-20-7-3-6-19-17(20)8-9-25-19/h1-10,12-13,25H,(H,26,27). The van der Waals surface area contributed by atoms with Gasteiger partial charge < -0.3 is 10.3 Å². The molecule has 3 heterocycles. The average molecular weight is 394 g/mol. The van der Waals surface area contributed by atoms with Crippen molar-refractivity contribution in [2.45, 2.75) is 0 Å². The molecule has 0 aliphatic rings. The molecule has 138 valence electrons. The van der Waals surface area contributed by atoms with E-state index in [1.54, 1.807) is 12.3 Å². The summed E-state index contributed by atoms with van der Waals surface area (Å²) >= 11 is 1.50. The first kappa shape index (κ1) is 17.2. The number of anilines is 2. The lowest BCUT2D eigenvalue weighted by molar-refractivity contribution is 0.112. The van der Waals surface area contributed by atoms with Gasteiger partial charge in [-0.15, -0.1) is 11.3 Å². The molecule has 0 bridgehead atoms. The van der Waals surface area contributed by atoms with Crippen LogP contribution in [0.3, 0.4) is 0 Å². The van der Waals surface area contributed by atoms with E-state index in [0.29, 0.717) is 11.1 Å². The highest BCUT2D eigenvalue weighted by atomic mass is 32.1. The third-order valence-corrected chi connectivity index (χ3v) is 5.97. The predicted octanol–water partition coefficient (Wildman–Crippen LogP) is 5.87. The Kier molecular flexibility index (Phi) is 4.08. The van der Waals surface area contributed by atoms with E-state index in [1.165, 1.54) is 11.3 Å². The number of hydrogen-bond donors (Lipinski definition) is 2. The summed E-state index contributed by atoms with van der Waals surface area (Å²) in [7, 11) is 0. The van der Waals surface area contributed by atoms with Crippen molar-refractivity contribution < 1.29 is 4.79 Å². The molecule has 3 aromatic heterocycles. The van der Waals surface area contributed by atoms with Crippen LogP contribution in [-0.2, 0) is 0 Å². The molecule has 5 aromatic rings. The Hall–Kier alpha value is -3.95. The SMILES string of the molecule is N#Cc1cnc2sc(-c3ccccc3C=O)cc2c1Nc1cccc2[nH]ccc12. The Morgan fingerprint density at radius 2 is 2.00 bits per heavy atom. The number of nitriles is 1. The molecule has 29 heavy (non-hydrogen) atoms. The molecule has 0 fully saturated rings. The normalized spacial score (nSPS) is 10.9. The van der Waals surface area contributed by atoms with E-state index in [0.717, 1.165) is 49.2 Å². The maximum atomic E-state index is 11.5. The van der Waals surface area contributed by atoms with Crippen molar-refractivity contribution in [3.63, 3.8) is 0 Å². The molecule has 0 aliphatic carbocycles. The zero-order valence-electron chi connectivity index (χ0n) is 15.1. The minimum atomic E-state index is 0.470. The van der Waals surface area contributed by atoms with Gasteiger partial charge in [-0.25, -0.2) is 4.98 Å². The van der Waals surface area contributed by atoms with E-state index in [4.69, 9.17) is 0 Å². The first-order valence-electron chi connectivity index (χ1n) is 8.99. The van der Waals surface area contributed by atoms with E-state index in [9.17, 15) is 10.1 Å². The van der Waals surface area contributed by atoms with E-state index in [-0.39, 0.29) is 0 Å². The van der Waals surface area contributed by atoms with Crippen molar-refractivity contribution in [2.75, 3.05) is 5.32 Å². The number of rotatable bonds is 4. The van der Waals surface area contributed by atoms with Crippen molar-refractivity contribution >= 4 is 50.1 Å². The molecular formula is C23H14N4OS. The minimum Gasteiger partial charge on any atom is -0.361 e. The Morgan fingerprint density at radius 1 is 1.10 bits per heavy atom. The fourth-order valence-electron chi connectivity index (χ4n) is 3.49. The molecule has 6 heteroatoms. The largest absolute Gasteiger partial charge is 0.361 e. The summed E-state index contributed by atoms with van der Waals surface area (Å²) in [4.78, 5) is 20.9. The van der Waals surface area contributed by atoms with Crippen molar-refractivity contribution in [1.82, 2.24) is 9.97 Å². The Bertz CT molecular complexity index is 1420. The summed E-state index contributed by atoms with van der Waals surface area (Å²) in [5.41, 5.74) is 4.61. The lowest BCUT2D eigenvalue weighted by Crippen LogP contribution is -1.95. The molecule has 0 aliphatic heterocycles. The predicted molar refractivity (Wildman–Crippen MR) is 117 cm³/mol. The van der Waals surface area contributed by atoms with Crippen LogP contribution in [0.2, 0.25) is 0 Å². The molecule has 2 aromatic carbocycles. The number of carbonyl (C=O) groups excluding carboxylic acids is 1. The number of H-pyrrole nitrogens is 1. The van der Waals surface area contributed by atoms with E-state index in [1.807, 2.05) is 54.7 Å². The summed E-state index contributed by atoms with van der Waals surface area (Å²) in [6.07, 6.45) is 4.34. The number of hydrogen-bond acceptors (Lipinski definition) is 5. The maximum Gasteiger partial charge on any atom is 0.150 e. The number of aldehydes is 1. The Morgan fingerprint density at radius 3 is 2.86 bits per heavy atom. The molecule has 0 spiro atoms. The van der Waals surface area contributed by atoms with E-state index >= 15 is 0 Å². The van der Waals surface area contributed by atoms with Crippen LogP contribution in [-0.4, -0.2) is 16.3 Å². The molecular weight excluding hydrogens is 380 g/mol. The fraction of sp³-hybridized carbons (Fsp3) is 0. The van der Waals surface area contributed by atoms with Gasteiger partial charge in [0.1, 0.15) is 10.9 Å². The van der Waals surface area contributed by atoms with Crippen LogP contribution in [0.15, 0.2) is 67.0 Å². The number of pyridine rings is 1. The zero-order valence-corrected chi connectivity index (χ0v) is 16.0. The number of nitrogens with one attached hydrogen (secondary N) is 2. The summed E-state index contributed by atoms with van der Waals surface area (Å²) in [5, 5.41) is 15.0. The van der Waals surface area contributed by atoms with E-state index in [2.05, 4.69) is 21.4 Å². The molecule has 0 saturated heterocycles. The second-order valence-electron chi connectivity index (χ2n) is 6.56. The Balaban J connectivity index is 1.70. The maximum absolute atomic E-state index is 11.5. The Labute approximate surface area is 170 Å². The topological polar surface area (TPSA) is 81.6 Å². The highest BCUT2D eigenvalue weighted by molar-refractivity contribution is 7.22. The second-order valence-corrected chi connectivity index (χ2v) is 7.59. The number of nitrogens with zero attached hydrogens (tertiary/aromatic N) is 2. The first-order valence-corrected chi connectivity index (χ1v) is 9.80. The quantitative estimate of drug-likeness (QED) is 0.373. The zero-order chi connectivity index (χ0) is 19.8. The van der Waals surface area contributed by atoms with Crippen LogP contribution in [0.25, 0.3) is 31.6 Å². The number of carbonyl (C=O) groups is 1. The summed E-state index contributed by atoms with van der Waals surface area (Å²) in [6, 6.07) is 19.7. The lowest BCUT2D eigenvalue weighted by Gasteiger charge is -2.10. The second kappa shape index (κ2) is 6.89. The molecule has 2 N–H and O–H groups in total. The van der Waals surface area contributed by atoms with Gasteiger partial charge in [-0.2, -0.15) is 5.26 Å². The van der Waals surface area contributed by atoms with Gasteiger partial charge in [-0.1, -0.05) is 30.3 Å². The van der Waals surface area contributed by atoms with E-state index < -0.39 is 0 Å². The number of aromatic amines is 1. The smallest absolute Gasteiger partial charge is 0.150 e. The highest BCUT2D eigenvalue weighted by Crippen LogP contribution is 2.39. The fourth-order valence-corrected chi connectivity index (χ4v) is 4.55. The monoisotopic (exact) mass is 394 g/mol. The van der Waals surface area contributed by atoms with Gasteiger partial charge in [-0.05, 0) is 24.3 Å². The highest BCUT2D eigenvalue weighted by Gasteiger charge is 2.16. The van der Waals surface area contributed by atoms with Gasteiger partial charge >= 0.3 is 0 Å². The lowest BCUT2D eigenvalue weighted by atomic mass is 10.1. The van der Waals surface area contributed by atoms with Crippen LogP contribution >= 0.6 is 11.3 Å². The van der Waals surface area contributed by atoms with Crippen LogP contribution in [0.1, 0.15) is 15.9 Å². The molecule has 5 nitrogen and oxygen atoms in total. The minimum absolute atomic E-state index is 0.470. The van der Waals surface area contributed by atoms with Gasteiger partial charge in [0.15, 0.2) is 6.29 Å². The molecule has 0 atom stereocenters.